The summed E-state index contributed by atoms with van der Waals surface area (Å²) in [6, 6.07) is 8.05. The molecule has 0 spiro atoms. The van der Waals surface area contributed by atoms with Gasteiger partial charge in [0.25, 0.3) is 5.91 Å². The van der Waals surface area contributed by atoms with Crippen molar-refractivity contribution in [3.8, 4) is 11.6 Å². The second kappa shape index (κ2) is 8.94. The molecule has 1 aromatic carbocycles. The van der Waals surface area contributed by atoms with E-state index in [1.54, 1.807) is 24.8 Å². The molecule has 3 heterocycles. The van der Waals surface area contributed by atoms with E-state index in [4.69, 9.17) is 9.47 Å². The van der Waals surface area contributed by atoms with Gasteiger partial charge in [0, 0.05) is 36.7 Å². The highest BCUT2D eigenvalue weighted by Gasteiger charge is 2.25. The molecular weight excluding hydrogens is 424 g/mol. The Morgan fingerprint density at radius 2 is 1.94 bits per heavy atom. The summed E-state index contributed by atoms with van der Waals surface area (Å²) in [6.45, 7) is 5.26. The van der Waals surface area contributed by atoms with E-state index in [1.165, 1.54) is 16.9 Å². The Balaban J connectivity index is 1.21. The number of fused-ring (bicyclic) bond motifs is 3. The maximum Gasteiger partial charge on any atom is 0.260 e. The summed E-state index contributed by atoms with van der Waals surface area (Å²) in [4.78, 5) is 28.2. The monoisotopic (exact) mass is 452 g/mol. The van der Waals surface area contributed by atoms with E-state index in [9.17, 15) is 4.79 Å². The molecule has 1 unspecified atom stereocenters. The zero-order chi connectivity index (χ0) is 22.1. The summed E-state index contributed by atoms with van der Waals surface area (Å²) in [6.07, 6.45) is 4.83. The van der Waals surface area contributed by atoms with Crippen molar-refractivity contribution in [2.75, 3.05) is 44.8 Å². The number of ether oxygens (including phenoxy) is 2. The summed E-state index contributed by atoms with van der Waals surface area (Å²) in [5.41, 5.74) is 2.47. The number of piperazine rings is 1. The molecule has 0 bridgehead atoms. The fourth-order valence-electron chi connectivity index (χ4n) is 4.58. The van der Waals surface area contributed by atoms with Crippen molar-refractivity contribution in [3.63, 3.8) is 0 Å². The number of aryl methyl sites for hydroxylation is 1. The van der Waals surface area contributed by atoms with Crippen LogP contribution in [0.3, 0.4) is 0 Å². The lowest BCUT2D eigenvalue weighted by Crippen LogP contribution is -2.50. The van der Waals surface area contributed by atoms with Gasteiger partial charge in [0.1, 0.15) is 16.9 Å². The Kier molecular flexibility index (Phi) is 5.87. The smallest absolute Gasteiger partial charge is 0.260 e. The predicted octanol–water partition coefficient (Wildman–Crippen LogP) is 3.55. The molecule has 1 aliphatic carbocycles. The van der Waals surface area contributed by atoms with Crippen LogP contribution in [0.25, 0.3) is 10.2 Å². The normalized spacial score (nSPS) is 18.5. The number of thiophene rings is 1. The SMILES string of the molecule is COc1ccc(N2CCN(C(=O)COc3ncnc4sc5c(c34)CCC(C)C5)CC2)cc1. The molecular formula is C24H28N4O3S. The third kappa shape index (κ3) is 4.11. The first-order valence-electron chi connectivity index (χ1n) is 11.2. The highest BCUT2D eigenvalue weighted by molar-refractivity contribution is 7.18. The Bertz CT molecular complexity index is 1110. The van der Waals surface area contributed by atoms with Crippen LogP contribution in [-0.2, 0) is 17.6 Å². The van der Waals surface area contributed by atoms with Gasteiger partial charge in [-0.1, -0.05) is 6.92 Å². The van der Waals surface area contributed by atoms with Crippen LogP contribution < -0.4 is 14.4 Å². The molecule has 1 atom stereocenters. The van der Waals surface area contributed by atoms with E-state index in [-0.39, 0.29) is 12.5 Å². The Morgan fingerprint density at radius 1 is 1.16 bits per heavy atom. The lowest BCUT2D eigenvalue weighted by molar-refractivity contribution is -0.133. The summed E-state index contributed by atoms with van der Waals surface area (Å²) in [5, 5.41) is 1.01. The molecule has 0 radical (unpaired) electrons. The number of rotatable bonds is 5. The number of amides is 1. The minimum Gasteiger partial charge on any atom is -0.497 e. The highest BCUT2D eigenvalue weighted by atomic mass is 32.1. The van der Waals surface area contributed by atoms with Crippen molar-refractivity contribution < 1.29 is 14.3 Å². The van der Waals surface area contributed by atoms with Gasteiger partial charge in [0.15, 0.2) is 6.61 Å². The first kappa shape index (κ1) is 21.0. The number of nitrogens with zero attached hydrogens (tertiary/aromatic N) is 4. The molecule has 1 amide bonds. The van der Waals surface area contributed by atoms with Gasteiger partial charge in [-0.05, 0) is 55.0 Å². The van der Waals surface area contributed by atoms with Gasteiger partial charge < -0.3 is 19.3 Å². The standard InChI is InChI=1S/C24H28N4O3S/c1-16-3-8-19-20(13-16)32-24-22(19)23(25-15-26-24)31-14-21(29)28-11-9-27(10-12-28)17-4-6-18(30-2)7-5-17/h4-7,15-16H,3,8-14H2,1-2H3. The van der Waals surface area contributed by atoms with Gasteiger partial charge in [-0.15, -0.1) is 11.3 Å². The van der Waals surface area contributed by atoms with Gasteiger partial charge in [-0.25, -0.2) is 9.97 Å². The molecule has 5 rings (SSSR count). The van der Waals surface area contributed by atoms with Gasteiger partial charge in [0.2, 0.25) is 5.88 Å². The quantitative estimate of drug-likeness (QED) is 0.590. The Labute approximate surface area is 192 Å². The predicted molar refractivity (Wildman–Crippen MR) is 126 cm³/mol. The molecule has 1 aliphatic heterocycles. The molecule has 8 heteroatoms. The molecule has 0 N–H and O–H groups in total. The average Bonchev–Trinajstić information content (AvgIpc) is 3.20. The van der Waals surface area contributed by atoms with E-state index in [1.807, 2.05) is 17.0 Å². The number of hydrogen-bond acceptors (Lipinski definition) is 7. The van der Waals surface area contributed by atoms with Crippen molar-refractivity contribution in [1.82, 2.24) is 14.9 Å². The summed E-state index contributed by atoms with van der Waals surface area (Å²) >= 11 is 1.74. The minimum absolute atomic E-state index is 0.00358. The molecule has 7 nitrogen and oxygen atoms in total. The Morgan fingerprint density at radius 3 is 2.69 bits per heavy atom. The fourth-order valence-corrected chi connectivity index (χ4v) is 5.93. The number of methoxy groups -OCH3 is 1. The van der Waals surface area contributed by atoms with Crippen LogP contribution in [-0.4, -0.2) is 60.7 Å². The first-order chi connectivity index (χ1) is 15.6. The first-order valence-corrected chi connectivity index (χ1v) is 12.0. The number of carbonyl (C=O) groups excluding carboxylic acids is 1. The summed E-state index contributed by atoms with van der Waals surface area (Å²) in [5.74, 6) is 2.10. The molecule has 32 heavy (non-hydrogen) atoms. The fraction of sp³-hybridized carbons (Fsp3) is 0.458. The van der Waals surface area contributed by atoms with Crippen molar-refractivity contribution in [1.29, 1.82) is 0 Å². The number of benzene rings is 1. The van der Waals surface area contributed by atoms with E-state index in [2.05, 4.69) is 33.9 Å². The summed E-state index contributed by atoms with van der Waals surface area (Å²) < 4.78 is 11.2. The molecule has 1 fully saturated rings. The van der Waals surface area contributed by atoms with Gasteiger partial charge >= 0.3 is 0 Å². The van der Waals surface area contributed by atoms with Gasteiger partial charge in [-0.2, -0.15) is 0 Å². The van der Waals surface area contributed by atoms with Crippen molar-refractivity contribution in [2.45, 2.75) is 26.2 Å². The number of aromatic nitrogens is 2. The van der Waals surface area contributed by atoms with Crippen LogP contribution >= 0.6 is 11.3 Å². The van der Waals surface area contributed by atoms with Crippen LogP contribution in [0.5, 0.6) is 11.6 Å². The lowest BCUT2D eigenvalue weighted by Gasteiger charge is -2.36. The van der Waals surface area contributed by atoms with Crippen molar-refractivity contribution in [2.24, 2.45) is 5.92 Å². The van der Waals surface area contributed by atoms with E-state index < -0.39 is 0 Å². The van der Waals surface area contributed by atoms with Crippen LogP contribution in [0.2, 0.25) is 0 Å². The van der Waals surface area contributed by atoms with Crippen LogP contribution in [0.1, 0.15) is 23.8 Å². The maximum absolute atomic E-state index is 12.8. The largest absolute Gasteiger partial charge is 0.497 e. The molecule has 2 aliphatic rings. The van der Waals surface area contributed by atoms with E-state index in [0.29, 0.717) is 24.9 Å². The van der Waals surface area contributed by atoms with Crippen LogP contribution in [0.15, 0.2) is 30.6 Å². The Hall–Kier alpha value is -2.87. The maximum atomic E-state index is 12.8. The zero-order valence-corrected chi connectivity index (χ0v) is 19.4. The van der Waals surface area contributed by atoms with Gasteiger partial charge in [0.05, 0.1) is 12.5 Å². The lowest BCUT2D eigenvalue weighted by atomic mass is 9.89. The molecule has 168 valence electrons. The van der Waals surface area contributed by atoms with E-state index in [0.717, 1.165) is 47.6 Å². The number of carbonyl (C=O) groups is 1. The minimum atomic E-state index is 0.00358. The second-order valence-electron chi connectivity index (χ2n) is 8.57. The van der Waals surface area contributed by atoms with Crippen LogP contribution in [0.4, 0.5) is 5.69 Å². The molecule has 1 saturated heterocycles. The number of anilines is 1. The average molecular weight is 453 g/mol. The molecule has 2 aromatic heterocycles. The van der Waals surface area contributed by atoms with Crippen molar-refractivity contribution in [3.05, 3.63) is 41.0 Å². The third-order valence-corrected chi connectivity index (χ3v) is 7.62. The third-order valence-electron chi connectivity index (χ3n) is 6.46. The molecule has 3 aromatic rings. The number of hydrogen-bond donors (Lipinski definition) is 0. The van der Waals surface area contributed by atoms with E-state index >= 15 is 0 Å². The van der Waals surface area contributed by atoms with Crippen molar-refractivity contribution >= 4 is 33.1 Å². The van der Waals surface area contributed by atoms with Gasteiger partial charge in [-0.3, -0.25) is 4.79 Å². The molecule has 0 saturated carbocycles. The topological polar surface area (TPSA) is 67.8 Å². The zero-order valence-electron chi connectivity index (χ0n) is 18.5. The van der Waals surface area contributed by atoms with Crippen LogP contribution in [0, 0.1) is 5.92 Å². The summed E-state index contributed by atoms with van der Waals surface area (Å²) in [7, 11) is 1.67. The second-order valence-corrected chi connectivity index (χ2v) is 9.65. The highest BCUT2D eigenvalue weighted by Crippen LogP contribution is 2.40.